The Labute approximate surface area is 311 Å². The monoisotopic (exact) mass is 745 g/mol. The van der Waals surface area contributed by atoms with Gasteiger partial charge in [0.05, 0.1) is 0 Å². The second-order valence-corrected chi connectivity index (χ2v) is 16.4. The van der Waals surface area contributed by atoms with Crippen molar-refractivity contribution in [3.05, 3.63) is 147 Å². The highest BCUT2D eigenvalue weighted by molar-refractivity contribution is 7.19. The highest BCUT2D eigenvalue weighted by Gasteiger charge is 1.98. The van der Waals surface area contributed by atoms with Crippen molar-refractivity contribution in [3.63, 3.8) is 0 Å². The quantitative estimate of drug-likeness (QED) is 0.155. The maximum atomic E-state index is 4.19. The Morgan fingerprint density at radius 1 is 0.480 bits per heavy atom. The molecule has 0 aromatic carbocycles. The molecule has 10 heteroatoms. The molecule has 0 amide bonds. The lowest BCUT2D eigenvalue weighted by Gasteiger charge is -1.90. The number of hydrogen-bond acceptors (Lipinski definition) is 10. The van der Waals surface area contributed by atoms with E-state index in [4.69, 9.17) is 0 Å². The number of rotatable bonds is 0. The van der Waals surface area contributed by atoms with Gasteiger partial charge in [0, 0.05) is 116 Å². The van der Waals surface area contributed by atoms with Gasteiger partial charge in [-0.25, -0.2) is 0 Å². The van der Waals surface area contributed by atoms with Crippen LogP contribution in [0.4, 0.5) is 0 Å². The molecule has 0 radical (unpaired) electrons. The van der Waals surface area contributed by atoms with Crippen molar-refractivity contribution < 1.29 is 0 Å². The molecular weight excluding hydrogens is 711 g/mol. The van der Waals surface area contributed by atoms with Crippen molar-refractivity contribution in [1.29, 1.82) is 0 Å². The molecule has 0 saturated heterocycles. The zero-order valence-electron chi connectivity index (χ0n) is 28.3. The summed E-state index contributed by atoms with van der Waals surface area (Å²) >= 11 is 8.88. The molecule has 5 nitrogen and oxygen atoms in total. The molecule has 0 spiro atoms. The lowest BCUT2D eigenvalue weighted by atomic mass is 10.2. The summed E-state index contributed by atoms with van der Waals surface area (Å²) in [6.45, 7) is 10.4. The number of aromatic nitrogens is 5. The molecule has 10 heterocycles. The van der Waals surface area contributed by atoms with Crippen LogP contribution in [-0.2, 0) is 0 Å². The normalized spacial score (nSPS) is 10.5. The smallest absolute Gasteiger partial charge is 0.0459 e. The van der Waals surface area contributed by atoms with Crippen LogP contribution in [0.25, 0.3) is 50.4 Å². The van der Waals surface area contributed by atoms with Gasteiger partial charge in [0.15, 0.2) is 0 Å². The Hall–Kier alpha value is -4.45. The molecule has 10 aromatic heterocycles. The first kappa shape index (κ1) is 35.4. The van der Waals surface area contributed by atoms with Gasteiger partial charge in [-0.2, -0.15) is 0 Å². The van der Waals surface area contributed by atoms with Gasteiger partial charge in [0.25, 0.3) is 0 Å². The summed E-state index contributed by atoms with van der Waals surface area (Å²) < 4.78 is 6.66. The lowest BCUT2D eigenvalue weighted by molar-refractivity contribution is 1.23. The van der Waals surface area contributed by atoms with Crippen LogP contribution in [0, 0.1) is 34.6 Å². The van der Waals surface area contributed by atoms with Crippen molar-refractivity contribution in [3.8, 4) is 0 Å². The van der Waals surface area contributed by atoms with E-state index in [9.17, 15) is 0 Å². The fourth-order valence-electron chi connectivity index (χ4n) is 5.03. The number of aryl methyl sites for hydroxylation is 5. The molecule has 250 valence electrons. The zero-order valence-corrected chi connectivity index (χ0v) is 32.4. The van der Waals surface area contributed by atoms with E-state index in [0.717, 1.165) is 11.4 Å². The van der Waals surface area contributed by atoms with Crippen LogP contribution in [-0.4, -0.2) is 24.9 Å². The Balaban J connectivity index is 0.000000108. The zero-order chi connectivity index (χ0) is 34.9. The fraction of sp³-hybridized carbons (Fsp3) is 0.125. The molecule has 0 bridgehead atoms. The average Bonchev–Trinajstić information content (AvgIpc) is 3.97. The third-order valence-electron chi connectivity index (χ3n) is 7.60. The number of fused-ring (bicyclic) bond motifs is 5. The molecule has 0 atom stereocenters. The maximum absolute atomic E-state index is 4.19. The third-order valence-corrected chi connectivity index (χ3v) is 12.5. The Morgan fingerprint density at radius 2 is 1.18 bits per heavy atom. The van der Waals surface area contributed by atoms with Crippen LogP contribution >= 0.6 is 56.7 Å². The number of thiophene rings is 5. The van der Waals surface area contributed by atoms with E-state index < -0.39 is 0 Å². The van der Waals surface area contributed by atoms with Crippen LogP contribution in [0.5, 0.6) is 0 Å². The first-order valence-corrected chi connectivity index (χ1v) is 20.1. The molecule has 10 aromatic rings. The summed E-state index contributed by atoms with van der Waals surface area (Å²) in [7, 11) is 0. The van der Waals surface area contributed by atoms with Gasteiger partial charge < -0.3 is 0 Å². The summed E-state index contributed by atoms with van der Waals surface area (Å²) in [5, 5.41) is 14.8. The van der Waals surface area contributed by atoms with Crippen molar-refractivity contribution >= 4 is 107 Å². The molecule has 0 aliphatic heterocycles. The minimum absolute atomic E-state index is 1.09. The number of pyridine rings is 5. The van der Waals surface area contributed by atoms with Gasteiger partial charge in [-0.15, -0.1) is 56.7 Å². The van der Waals surface area contributed by atoms with E-state index in [0.29, 0.717) is 0 Å². The highest BCUT2D eigenvalue weighted by Crippen LogP contribution is 2.25. The second kappa shape index (κ2) is 17.0. The van der Waals surface area contributed by atoms with Crippen molar-refractivity contribution in [2.45, 2.75) is 34.6 Å². The summed E-state index contributed by atoms with van der Waals surface area (Å²) in [5.74, 6) is 0. The molecule has 0 N–H and O–H groups in total. The molecule has 0 aliphatic rings. The van der Waals surface area contributed by atoms with E-state index in [2.05, 4.69) is 97.5 Å². The summed E-state index contributed by atoms with van der Waals surface area (Å²) in [6, 6.07) is 16.7. The van der Waals surface area contributed by atoms with E-state index in [1.54, 1.807) is 45.3 Å². The van der Waals surface area contributed by atoms with Gasteiger partial charge in [-0.1, -0.05) is 0 Å². The highest BCUT2D eigenvalue weighted by atomic mass is 32.1. The molecular formula is C40H35N5S5. The first-order valence-electron chi connectivity index (χ1n) is 15.8. The Morgan fingerprint density at radius 3 is 1.98 bits per heavy atom. The standard InChI is InChI=1S/5C8H7NS/c1-6-7-3-5-10-8(7)2-4-9-6;1-6-5-10-8-2-3-9-4-7(6)8;1-6-4-7-5-9-3-2-8(7)10-6;1-6-4-9-5-7-2-3-10-8(6)7;1-6-4-8-7(5-9-6)2-3-10-8/h5*2-5H,1H3. The minimum Gasteiger partial charge on any atom is -0.264 e. The summed E-state index contributed by atoms with van der Waals surface area (Å²) in [6.07, 6.45) is 15.1. The minimum atomic E-state index is 1.09. The maximum Gasteiger partial charge on any atom is 0.0459 e. The molecule has 10 rings (SSSR count). The summed E-state index contributed by atoms with van der Waals surface area (Å²) in [5.41, 5.74) is 4.81. The van der Waals surface area contributed by atoms with Crippen LogP contribution < -0.4 is 0 Å². The topological polar surface area (TPSA) is 64.5 Å². The van der Waals surface area contributed by atoms with Crippen LogP contribution in [0.1, 0.15) is 27.4 Å². The van der Waals surface area contributed by atoms with E-state index in [1.807, 2.05) is 93.0 Å². The molecule has 50 heavy (non-hydrogen) atoms. The van der Waals surface area contributed by atoms with Gasteiger partial charge in [-0.05, 0) is 116 Å². The van der Waals surface area contributed by atoms with E-state index in [1.165, 1.54) is 66.4 Å². The summed E-state index contributed by atoms with van der Waals surface area (Å²) in [4.78, 5) is 21.9. The van der Waals surface area contributed by atoms with Gasteiger partial charge in [-0.3, -0.25) is 24.9 Å². The average molecular weight is 746 g/mol. The lowest BCUT2D eigenvalue weighted by Crippen LogP contribution is -1.76. The first-order chi connectivity index (χ1) is 24.4. The predicted octanol–water partition coefficient (Wildman–Crippen LogP) is 13.0. The largest absolute Gasteiger partial charge is 0.264 e. The number of hydrogen-bond donors (Lipinski definition) is 0. The molecule has 0 saturated carbocycles. The second-order valence-electron chi connectivity index (χ2n) is 11.4. The van der Waals surface area contributed by atoms with E-state index in [-0.39, 0.29) is 0 Å². The fourth-order valence-corrected chi connectivity index (χ4v) is 9.37. The SMILES string of the molecule is Cc1cc2cnccc2s1.Cc1cc2sccc2cn1.Cc1cncc2ccsc12.Cc1csc2ccncc12.Cc1nccc2sccc12. The van der Waals surface area contributed by atoms with E-state index >= 15 is 0 Å². The van der Waals surface area contributed by atoms with Gasteiger partial charge >= 0.3 is 0 Å². The number of nitrogens with zero attached hydrogens (tertiary/aromatic N) is 5. The van der Waals surface area contributed by atoms with Gasteiger partial charge in [0.2, 0.25) is 0 Å². The Kier molecular flexibility index (Phi) is 12.0. The van der Waals surface area contributed by atoms with Crippen LogP contribution in [0.3, 0.4) is 0 Å². The molecule has 0 fully saturated rings. The van der Waals surface area contributed by atoms with Crippen molar-refractivity contribution in [2.24, 2.45) is 0 Å². The molecule has 0 unspecified atom stereocenters. The predicted molar refractivity (Wildman–Crippen MR) is 222 cm³/mol. The molecule has 0 aliphatic carbocycles. The van der Waals surface area contributed by atoms with Crippen LogP contribution in [0.15, 0.2) is 120 Å². The van der Waals surface area contributed by atoms with Crippen LogP contribution in [0.2, 0.25) is 0 Å². The van der Waals surface area contributed by atoms with Crippen molar-refractivity contribution in [2.75, 3.05) is 0 Å². The Bertz CT molecular complexity index is 2470. The van der Waals surface area contributed by atoms with Crippen molar-refractivity contribution in [1.82, 2.24) is 24.9 Å². The van der Waals surface area contributed by atoms with Gasteiger partial charge in [0.1, 0.15) is 0 Å². The third kappa shape index (κ3) is 9.01.